The minimum absolute atomic E-state index is 0.0601. The molecule has 10 nitrogen and oxygen atoms in total. The van der Waals surface area contributed by atoms with Crippen LogP contribution in [0.25, 0.3) is 0 Å². The minimum atomic E-state index is -1.50. The first-order chi connectivity index (χ1) is 15.8. The molecular weight excluding hydrogens is 477 g/mol. The number of aromatic nitrogens is 2. The quantitative estimate of drug-likeness (QED) is 0.309. The van der Waals surface area contributed by atoms with E-state index in [2.05, 4.69) is 4.98 Å². The van der Waals surface area contributed by atoms with Crippen molar-refractivity contribution in [3.63, 3.8) is 0 Å². The zero-order chi connectivity index (χ0) is 23.8. The van der Waals surface area contributed by atoms with Crippen LogP contribution in [0.1, 0.15) is 15.9 Å². The molecule has 2 heterocycles. The topological polar surface area (TPSA) is 126 Å². The fourth-order valence-corrected chi connectivity index (χ4v) is 3.75. The van der Waals surface area contributed by atoms with E-state index in [-0.39, 0.29) is 13.2 Å². The number of halogens is 2. The van der Waals surface area contributed by atoms with Crippen LogP contribution in [0.3, 0.4) is 0 Å². The minimum Gasteiger partial charge on any atom is -0.459 e. The van der Waals surface area contributed by atoms with Gasteiger partial charge in [-0.25, -0.2) is 9.78 Å². The number of imidazole rings is 1. The maximum atomic E-state index is 12.2. The summed E-state index contributed by atoms with van der Waals surface area (Å²) >= 11 is 12.5. The van der Waals surface area contributed by atoms with Gasteiger partial charge in [-0.15, -0.1) is 10.1 Å². The van der Waals surface area contributed by atoms with Gasteiger partial charge in [-0.3, -0.25) is 0 Å². The van der Waals surface area contributed by atoms with Gasteiger partial charge >= 0.3 is 5.97 Å². The van der Waals surface area contributed by atoms with Crippen LogP contribution in [0.4, 0.5) is 0 Å². The third-order valence-corrected chi connectivity index (χ3v) is 5.11. The highest BCUT2D eigenvalue weighted by atomic mass is 35.5. The molecule has 2 aromatic carbocycles. The Labute approximate surface area is 198 Å². The van der Waals surface area contributed by atoms with Crippen molar-refractivity contribution in [2.24, 2.45) is 0 Å². The van der Waals surface area contributed by atoms with Gasteiger partial charge in [-0.05, 0) is 24.3 Å². The highest BCUT2D eigenvalue weighted by Gasteiger charge is 2.45. The number of hydrogen-bond donors (Lipinski definition) is 1. The van der Waals surface area contributed by atoms with E-state index in [9.17, 15) is 4.79 Å². The number of carbonyl (C=O) groups is 1. The Hall–Kier alpha value is -3.18. The van der Waals surface area contributed by atoms with Gasteiger partial charge in [0.1, 0.15) is 12.7 Å². The highest BCUT2D eigenvalue weighted by Crippen LogP contribution is 2.40. The van der Waals surface area contributed by atoms with Crippen LogP contribution in [0.2, 0.25) is 10.0 Å². The van der Waals surface area contributed by atoms with Crippen LogP contribution in [0.15, 0.2) is 67.3 Å². The van der Waals surface area contributed by atoms with E-state index in [1.54, 1.807) is 61.2 Å². The number of benzene rings is 2. The first-order valence-corrected chi connectivity index (χ1v) is 10.3. The van der Waals surface area contributed by atoms with Crippen LogP contribution in [0, 0.1) is 10.1 Å². The largest absolute Gasteiger partial charge is 0.459 e. The Balaban J connectivity index is 0.000000709. The molecule has 0 amide bonds. The molecule has 0 bridgehead atoms. The van der Waals surface area contributed by atoms with Crippen LogP contribution in [-0.2, 0) is 26.5 Å². The fourth-order valence-electron chi connectivity index (χ4n) is 3.20. The van der Waals surface area contributed by atoms with Crippen molar-refractivity contribution < 1.29 is 29.3 Å². The van der Waals surface area contributed by atoms with Crippen molar-refractivity contribution in [1.82, 2.24) is 9.55 Å². The van der Waals surface area contributed by atoms with Crippen molar-refractivity contribution in [2.75, 3.05) is 13.2 Å². The zero-order valence-electron chi connectivity index (χ0n) is 17.0. The summed E-state index contributed by atoms with van der Waals surface area (Å²) in [7, 11) is 0. The maximum Gasteiger partial charge on any atom is 0.338 e. The zero-order valence-corrected chi connectivity index (χ0v) is 18.6. The van der Waals surface area contributed by atoms with E-state index in [1.165, 1.54) is 0 Å². The summed E-state index contributed by atoms with van der Waals surface area (Å²) in [6.07, 6.45) is 4.70. The van der Waals surface area contributed by atoms with Crippen LogP contribution >= 0.6 is 23.2 Å². The summed E-state index contributed by atoms with van der Waals surface area (Å²) in [5.41, 5.74) is 1.13. The summed E-state index contributed by atoms with van der Waals surface area (Å²) in [6, 6.07) is 14.0. The number of carbonyl (C=O) groups excluding carboxylic acids is 1. The number of ether oxygens (including phenoxy) is 3. The average Bonchev–Trinajstić information content (AvgIpc) is 3.43. The Morgan fingerprint density at radius 2 is 2.03 bits per heavy atom. The molecule has 0 unspecified atom stereocenters. The van der Waals surface area contributed by atoms with E-state index in [0.29, 0.717) is 27.7 Å². The molecular formula is C21H19Cl2N3O7. The third-order valence-electron chi connectivity index (χ3n) is 4.56. The molecule has 4 rings (SSSR count). The van der Waals surface area contributed by atoms with Crippen molar-refractivity contribution in [1.29, 1.82) is 0 Å². The first-order valence-electron chi connectivity index (χ1n) is 9.57. The lowest BCUT2D eigenvalue weighted by Crippen LogP contribution is -2.34. The monoisotopic (exact) mass is 495 g/mol. The predicted octanol–water partition coefficient (Wildman–Crippen LogP) is 3.97. The normalized spacial score (nSPS) is 19.4. The van der Waals surface area contributed by atoms with E-state index >= 15 is 0 Å². The molecule has 12 heteroatoms. The molecule has 3 aromatic rings. The number of hydrogen-bond acceptors (Lipinski definition) is 7. The lowest BCUT2D eigenvalue weighted by molar-refractivity contribution is -0.742. The fraction of sp³-hybridized carbons (Fsp3) is 0.238. The predicted molar refractivity (Wildman–Crippen MR) is 117 cm³/mol. The number of rotatable bonds is 6. The summed E-state index contributed by atoms with van der Waals surface area (Å²) < 4.78 is 19.6. The number of nitrogens with zero attached hydrogens (tertiary/aromatic N) is 3. The van der Waals surface area contributed by atoms with Gasteiger partial charge in [0, 0.05) is 23.0 Å². The van der Waals surface area contributed by atoms with Crippen LogP contribution in [-0.4, -0.2) is 45.1 Å². The molecule has 1 aliphatic heterocycles. The van der Waals surface area contributed by atoms with Gasteiger partial charge in [0.25, 0.3) is 5.09 Å². The van der Waals surface area contributed by atoms with Gasteiger partial charge in [-0.1, -0.05) is 47.5 Å². The second kappa shape index (κ2) is 11.1. The lowest BCUT2D eigenvalue weighted by Gasteiger charge is -2.29. The molecule has 0 saturated carbocycles. The molecule has 1 aliphatic rings. The first kappa shape index (κ1) is 24.5. The molecule has 0 aliphatic carbocycles. The van der Waals surface area contributed by atoms with Gasteiger partial charge in [0.15, 0.2) is 0 Å². The molecule has 1 saturated heterocycles. The Morgan fingerprint density at radius 1 is 1.30 bits per heavy atom. The van der Waals surface area contributed by atoms with Crippen LogP contribution in [0.5, 0.6) is 0 Å². The number of esters is 1. The van der Waals surface area contributed by atoms with E-state index in [1.807, 2.05) is 10.6 Å². The molecule has 1 fully saturated rings. The van der Waals surface area contributed by atoms with E-state index < -0.39 is 22.9 Å². The standard InChI is InChI=1S/C21H18Cl2N2O4.HNO3/c22-16-6-7-18(19(23)10-16)21(13-25-9-8-24-14-25)28-12-17(29-21)11-27-20(26)15-4-2-1-3-5-15;2-1(3)4/h1-10,14,17H,11-13H2;(H,2,3,4)/t17-,21-;/m1./s1. The molecule has 1 N–H and O–H groups in total. The average molecular weight is 496 g/mol. The summed E-state index contributed by atoms with van der Waals surface area (Å²) in [4.78, 5) is 24.6. The Bertz CT molecular complexity index is 1080. The molecule has 174 valence electrons. The Kier molecular flexibility index (Phi) is 8.23. The Morgan fingerprint density at radius 3 is 2.67 bits per heavy atom. The SMILES string of the molecule is O=C(OC[C@@H]1CO[C@@](Cn2ccnc2)(c2ccc(Cl)cc2Cl)O1)c1ccccc1.O=[N+]([O-])O. The van der Waals surface area contributed by atoms with Crippen molar-refractivity contribution in [2.45, 2.75) is 18.4 Å². The van der Waals surface area contributed by atoms with Crippen molar-refractivity contribution in [3.8, 4) is 0 Å². The van der Waals surface area contributed by atoms with Gasteiger partial charge in [-0.2, -0.15) is 0 Å². The van der Waals surface area contributed by atoms with E-state index in [0.717, 1.165) is 0 Å². The second-order valence-electron chi connectivity index (χ2n) is 6.87. The molecule has 0 radical (unpaired) electrons. The van der Waals surface area contributed by atoms with Crippen molar-refractivity contribution >= 4 is 29.2 Å². The van der Waals surface area contributed by atoms with Crippen LogP contribution < -0.4 is 0 Å². The molecule has 0 spiro atoms. The summed E-state index contributed by atoms with van der Waals surface area (Å²) in [5, 5.41) is 14.6. The van der Waals surface area contributed by atoms with Gasteiger partial charge in [0.2, 0.25) is 5.79 Å². The summed E-state index contributed by atoms with van der Waals surface area (Å²) in [6.45, 7) is 0.637. The van der Waals surface area contributed by atoms with Gasteiger partial charge in [0.05, 0.1) is 30.1 Å². The molecule has 1 aromatic heterocycles. The van der Waals surface area contributed by atoms with Gasteiger partial charge < -0.3 is 24.0 Å². The van der Waals surface area contributed by atoms with E-state index in [4.69, 9.17) is 52.7 Å². The van der Waals surface area contributed by atoms with Crippen molar-refractivity contribution in [3.05, 3.63) is 98.5 Å². The third kappa shape index (κ3) is 6.65. The summed E-state index contributed by atoms with van der Waals surface area (Å²) in [5.74, 6) is -1.56. The second-order valence-corrected chi connectivity index (χ2v) is 7.71. The lowest BCUT2D eigenvalue weighted by atomic mass is 10.1. The molecule has 2 atom stereocenters. The smallest absolute Gasteiger partial charge is 0.338 e. The highest BCUT2D eigenvalue weighted by molar-refractivity contribution is 6.35. The maximum absolute atomic E-state index is 12.2. The molecule has 33 heavy (non-hydrogen) atoms.